The molecular formula is C14H17FN2O4. The minimum Gasteiger partial charge on any atom is -0.396 e. The number of nitrogens with one attached hydrogen (secondary N) is 1. The molecule has 2 atom stereocenters. The van der Waals surface area contributed by atoms with Crippen LogP contribution >= 0.6 is 0 Å². The first-order chi connectivity index (χ1) is 9.87. The third kappa shape index (κ3) is 3.02. The van der Waals surface area contributed by atoms with Gasteiger partial charge in [0.25, 0.3) is 11.6 Å². The van der Waals surface area contributed by atoms with Crippen molar-refractivity contribution in [3.63, 3.8) is 0 Å². The SMILES string of the molecule is CC1(CO)CCCC1NC(=O)c1cc(F)ccc1[N+](=O)[O-]. The van der Waals surface area contributed by atoms with Crippen molar-refractivity contribution in [3.8, 4) is 0 Å². The lowest BCUT2D eigenvalue weighted by atomic mass is 9.85. The average Bonchev–Trinajstić information content (AvgIpc) is 2.80. The Morgan fingerprint density at radius 1 is 1.62 bits per heavy atom. The first-order valence-corrected chi connectivity index (χ1v) is 6.73. The number of carbonyl (C=O) groups is 1. The normalized spacial score (nSPS) is 24.8. The van der Waals surface area contributed by atoms with Crippen LogP contribution in [0, 0.1) is 21.3 Å². The molecule has 0 saturated heterocycles. The van der Waals surface area contributed by atoms with Gasteiger partial charge < -0.3 is 10.4 Å². The summed E-state index contributed by atoms with van der Waals surface area (Å²) in [5, 5.41) is 23.1. The highest BCUT2D eigenvalue weighted by Gasteiger charge is 2.39. The second kappa shape index (κ2) is 5.77. The third-order valence-electron chi connectivity index (χ3n) is 4.15. The highest BCUT2D eigenvalue weighted by molar-refractivity contribution is 5.98. The summed E-state index contributed by atoms with van der Waals surface area (Å²) < 4.78 is 13.3. The fraction of sp³-hybridized carbons (Fsp3) is 0.500. The van der Waals surface area contributed by atoms with Crippen LogP contribution in [0.25, 0.3) is 0 Å². The van der Waals surface area contributed by atoms with Crippen LogP contribution in [-0.4, -0.2) is 28.6 Å². The molecule has 0 aliphatic heterocycles. The van der Waals surface area contributed by atoms with Gasteiger partial charge in [-0.05, 0) is 25.0 Å². The summed E-state index contributed by atoms with van der Waals surface area (Å²) in [4.78, 5) is 22.4. The van der Waals surface area contributed by atoms with E-state index < -0.39 is 27.8 Å². The highest BCUT2D eigenvalue weighted by Crippen LogP contribution is 2.37. The Morgan fingerprint density at radius 3 is 2.95 bits per heavy atom. The quantitative estimate of drug-likeness (QED) is 0.656. The number of rotatable bonds is 4. The van der Waals surface area contributed by atoms with Gasteiger partial charge in [-0.25, -0.2) is 4.39 Å². The molecule has 1 fully saturated rings. The van der Waals surface area contributed by atoms with Gasteiger partial charge in [-0.1, -0.05) is 13.3 Å². The highest BCUT2D eigenvalue weighted by atomic mass is 19.1. The molecule has 1 amide bonds. The van der Waals surface area contributed by atoms with Crippen molar-refractivity contribution in [1.82, 2.24) is 5.32 Å². The van der Waals surface area contributed by atoms with E-state index in [0.29, 0.717) is 6.42 Å². The molecule has 7 heteroatoms. The van der Waals surface area contributed by atoms with Crippen molar-refractivity contribution in [2.75, 3.05) is 6.61 Å². The van der Waals surface area contributed by atoms with Crippen LogP contribution in [-0.2, 0) is 0 Å². The topological polar surface area (TPSA) is 92.5 Å². The van der Waals surface area contributed by atoms with Gasteiger partial charge in [-0.15, -0.1) is 0 Å². The van der Waals surface area contributed by atoms with Crippen molar-refractivity contribution in [3.05, 3.63) is 39.7 Å². The molecule has 1 saturated carbocycles. The summed E-state index contributed by atoms with van der Waals surface area (Å²) in [7, 11) is 0. The Kier molecular flexibility index (Phi) is 4.22. The molecule has 114 valence electrons. The molecule has 2 N–H and O–H groups in total. The van der Waals surface area contributed by atoms with E-state index in [1.165, 1.54) is 0 Å². The van der Waals surface area contributed by atoms with Gasteiger partial charge in [0.1, 0.15) is 11.4 Å². The zero-order valence-corrected chi connectivity index (χ0v) is 11.6. The van der Waals surface area contributed by atoms with Gasteiger partial charge in [0.2, 0.25) is 0 Å². The van der Waals surface area contributed by atoms with E-state index in [4.69, 9.17) is 0 Å². The largest absolute Gasteiger partial charge is 0.396 e. The summed E-state index contributed by atoms with van der Waals surface area (Å²) in [6.45, 7) is 1.77. The van der Waals surface area contributed by atoms with Gasteiger partial charge in [-0.2, -0.15) is 0 Å². The van der Waals surface area contributed by atoms with E-state index in [1.54, 1.807) is 0 Å². The Balaban J connectivity index is 2.25. The molecule has 1 aromatic carbocycles. The first-order valence-electron chi connectivity index (χ1n) is 6.73. The number of halogens is 1. The lowest BCUT2D eigenvalue weighted by Gasteiger charge is -2.30. The molecule has 2 rings (SSSR count). The molecule has 0 radical (unpaired) electrons. The third-order valence-corrected chi connectivity index (χ3v) is 4.15. The van der Waals surface area contributed by atoms with Crippen molar-refractivity contribution in [2.24, 2.45) is 5.41 Å². The van der Waals surface area contributed by atoms with Crippen LogP contribution in [0.4, 0.5) is 10.1 Å². The number of nitro groups is 1. The molecule has 2 unspecified atom stereocenters. The first kappa shape index (κ1) is 15.4. The second-order valence-electron chi connectivity index (χ2n) is 5.65. The molecule has 21 heavy (non-hydrogen) atoms. The lowest BCUT2D eigenvalue weighted by molar-refractivity contribution is -0.385. The summed E-state index contributed by atoms with van der Waals surface area (Å²) in [6.07, 6.45) is 2.30. The maximum atomic E-state index is 13.3. The molecule has 1 aliphatic carbocycles. The molecular weight excluding hydrogens is 279 g/mol. The molecule has 0 bridgehead atoms. The van der Waals surface area contributed by atoms with Gasteiger partial charge in [-0.3, -0.25) is 14.9 Å². The van der Waals surface area contributed by atoms with E-state index in [9.17, 15) is 24.4 Å². The minimum atomic E-state index is -0.714. The van der Waals surface area contributed by atoms with E-state index in [2.05, 4.69) is 5.32 Å². The van der Waals surface area contributed by atoms with E-state index in [1.807, 2.05) is 6.92 Å². The predicted molar refractivity (Wildman–Crippen MR) is 73.4 cm³/mol. The average molecular weight is 296 g/mol. The zero-order chi connectivity index (χ0) is 15.6. The fourth-order valence-corrected chi connectivity index (χ4v) is 2.75. The number of carbonyl (C=O) groups excluding carboxylic acids is 1. The van der Waals surface area contributed by atoms with Gasteiger partial charge in [0.15, 0.2) is 0 Å². The standard InChI is InChI=1S/C14H17FN2O4/c1-14(8-18)6-2-3-12(14)16-13(19)10-7-9(15)4-5-11(10)17(20)21/h4-5,7,12,18H,2-3,6,8H2,1H3,(H,16,19). The van der Waals surface area contributed by atoms with E-state index in [-0.39, 0.29) is 18.2 Å². The van der Waals surface area contributed by atoms with Crippen molar-refractivity contribution in [2.45, 2.75) is 32.2 Å². The Hall–Kier alpha value is -2.02. The zero-order valence-electron chi connectivity index (χ0n) is 11.6. The van der Waals surface area contributed by atoms with Gasteiger partial charge in [0, 0.05) is 17.5 Å². The van der Waals surface area contributed by atoms with E-state index >= 15 is 0 Å². The van der Waals surface area contributed by atoms with Gasteiger partial charge in [0.05, 0.1) is 11.5 Å². The number of nitrogens with zero attached hydrogens (tertiary/aromatic N) is 1. The maximum absolute atomic E-state index is 13.3. The monoisotopic (exact) mass is 296 g/mol. The minimum absolute atomic E-state index is 0.0802. The number of aliphatic hydroxyl groups is 1. The van der Waals surface area contributed by atoms with E-state index in [0.717, 1.165) is 31.0 Å². The molecule has 0 heterocycles. The number of amides is 1. The smallest absolute Gasteiger partial charge is 0.282 e. The summed E-state index contributed by atoms with van der Waals surface area (Å²) in [6, 6.07) is 2.50. The summed E-state index contributed by atoms with van der Waals surface area (Å²) in [5.41, 5.74) is -1.18. The van der Waals surface area contributed by atoms with Crippen LogP contribution in [0.15, 0.2) is 18.2 Å². The van der Waals surface area contributed by atoms with Crippen LogP contribution in [0.3, 0.4) is 0 Å². The number of hydrogen-bond acceptors (Lipinski definition) is 4. The molecule has 0 aromatic heterocycles. The summed E-state index contributed by atoms with van der Waals surface area (Å²) in [5.74, 6) is -1.39. The maximum Gasteiger partial charge on any atom is 0.282 e. The summed E-state index contributed by atoms with van der Waals surface area (Å²) >= 11 is 0. The van der Waals surface area contributed by atoms with Crippen LogP contribution in [0.5, 0.6) is 0 Å². The second-order valence-corrected chi connectivity index (χ2v) is 5.65. The van der Waals surface area contributed by atoms with Crippen molar-refractivity contribution in [1.29, 1.82) is 0 Å². The predicted octanol–water partition coefficient (Wildman–Crippen LogP) is 2.01. The van der Waals surface area contributed by atoms with Crippen molar-refractivity contribution >= 4 is 11.6 Å². The van der Waals surface area contributed by atoms with Gasteiger partial charge >= 0.3 is 0 Å². The number of nitro benzene ring substituents is 1. The van der Waals surface area contributed by atoms with Crippen molar-refractivity contribution < 1.29 is 19.2 Å². The van der Waals surface area contributed by atoms with Crippen LogP contribution < -0.4 is 5.32 Å². The van der Waals surface area contributed by atoms with Crippen LogP contribution in [0.2, 0.25) is 0 Å². The number of hydrogen-bond donors (Lipinski definition) is 2. The fourth-order valence-electron chi connectivity index (χ4n) is 2.75. The molecule has 0 spiro atoms. The number of benzene rings is 1. The number of aliphatic hydroxyl groups excluding tert-OH is 1. The Bertz CT molecular complexity index is 578. The Labute approximate surface area is 121 Å². The van der Waals surface area contributed by atoms with Crippen LogP contribution in [0.1, 0.15) is 36.5 Å². The lowest BCUT2D eigenvalue weighted by Crippen LogP contribution is -2.44. The Morgan fingerprint density at radius 2 is 2.33 bits per heavy atom. The molecule has 1 aromatic rings. The molecule has 6 nitrogen and oxygen atoms in total. The molecule has 1 aliphatic rings.